The van der Waals surface area contributed by atoms with E-state index in [1.807, 2.05) is 0 Å². The predicted molar refractivity (Wildman–Crippen MR) is 70.7 cm³/mol. The van der Waals surface area contributed by atoms with E-state index in [1.54, 1.807) is 12.1 Å². The normalized spacial score (nSPS) is 9.39. The van der Waals surface area contributed by atoms with Crippen LogP contribution in [0.25, 0.3) is 0 Å². The van der Waals surface area contributed by atoms with Gasteiger partial charge in [0.15, 0.2) is 0 Å². The molecule has 0 atom stereocenters. The van der Waals surface area contributed by atoms with Crippen molar-refractivity contribution in [1.82, 2.24) is 5.32 Å². The lowest BCUT2D eigenvalue weighted by Crippen LogP contribution is -2.27. The van der Waals surface area contributed by atoms with E-state index < -0.39 is 4.92 Å². The predicted octanol–water partition coefficient (Wildman–Crippen LogP) is 1.02. The smallest absolute Gasteiger partial charge is 0.269 e. The fourth-order valence-electron chi connectivity index (χ4n) is 1.31. The van der Waals surface area contributed by atoms with Crippen molar-refractivity contribution in [3.8, 4) is 0 Å². The molecule has 1 aromatic rings. The minimum atomic E-state index is -0.467. The lowest BCUT2D eigenvalue weighted by atomic mass is 10.1. The van der Waals surface area contributed by atoms with E-state index in [-0.39, 0.29) is 30.4 Å². The topological polar surface area (TPSA) is 98.3 Å². The Balaban J connectivity index is 0.00000289. The largest absolute Gasteiger partial charge is 0.356 e. The Bertz CT molecular complexity index is 395. The molecule has 0 aliphatic heterocycles. The maximum atomic E-state index is 11.4. The van der Waals surface area contributed by atoms with Crippen molar-refractivity contribution in [3.63, 3.8) is 0 Å². The number of carbonyl (C=O) groups excluding carboxylic acids is 1. The van der Waals surface area contributed by atoms with Crippen LogP contribution in [0.5, 0.6) is 0 Å². The second-order valence-electron chi connectivity index (χ2n) is 3.59. The molecule has 0 bridgehead atoms. The Morgan fingerprint density at radius 1 is 1.33 bits per heavy atom. The summed E-state index contributed by atoms with van der Waals surface area (Å²) in [7, 11) is 0. The van der Waals surface area contributed by atoms with Gasteiger partial charge in [-0.1, -0.05) is 12.1 Å². The molecule has 1 aromatic carbocycles. The first-order chi connectivity index (χ1) is 8.13. The summed E-state index contributed by atoms with van der Waals surface area (Å²) in [6, 6.07) is 5.95. The van der Waals surface area contributed by atoms with E-state index >= 15 is 0 Å². The van der Waals surface area contributed by atoms with Crippen molar-refractivity contribution in [1.29, 1.82) is 0 Å². The van der Waals surface area contributed by atoms with Gasteiger partial charge in [-0.05, 0) is 18.5 Å². The number of halogens is 1. The highest BCUT2D eigenvalue weighted by Gasteiger charge is 2.06. The summed E-state index contributed by atoms with van der Waals surface area (Å²) in [5.74, 6) is -0.104. The maximum Gasteiger partial charge on any atom is 0.269 e. The zero-order valence-electron chi connectivity index (χ0n) is 9.80. The summed E-state index contributed by atoms with van der Waals surface area (Å²) >= 11 is 0. The number of nitro groups is 1. The molecule has 3 N–H and O–H groups in total. The van der Waals surface area contributed by atoms with E-state index in [1.165, 1.54) is 12.1 Å². The molecule has 0 saturated heterocycles. The summed E-state index contributed by atoms with van der Waals surface area (Å²) < 4.78 is 0. The van der Waals surface area contributed by atoms with Crippen LogP contribution in [0.2, 0.25) is 0 Å². The van der Waals surface area contributed by atoms with E-state index in [4.69, 9.17) is 5.73 Å². The SMILES string of the molecule is Cl.NCCCNC(=O)Cc1ccc([N+](=O)[O-])cc1. The van der Waals surface area contributed by atoms with Crippen molar-refractivity contribution in [2.45, 2.75) is 12.8 Å². The second kappa shape index (κ2) is 8.43. The molecule has 1 amide bonds. The average molecular weight is 274 g/mol. The molecule has 100 valence electrons. The van der Waals surface area contributed by atoms with Gasteiger partial charge in [0.25, 0.3) is 5.69 Å². The number of benzene rings is 1. The van der Waals surface area contributed by atoms with Gasteiger partial charge in [-0.15, -0.1) is 12.4 Å². The van der Waals surface area contributed by atoms with Crippen molar-refractivity contribution in [2.75, 3.05) is 13.1 Å². The van der Waals surface area contributed by atoms with Crippen LogP contribution in [-0.2, 0) is 11.2 Å². The van der Waals surface area contributed by atoms with Crippen LogP contribution in [0, 0.1) is 10.1 Å². The molecule has 7 heteroatoms. The van der Waals surface area contributed by atoms with Gasteiger partial charge < -0.3 is 11.1 Å². The lowest BCUT2D eigenvalue weighted by molar-refractivity contribution is -0.384. The van der Waals surface area contributed by atoms with E-state index in [0.717, 1.165) is 12.0 Å². The van der Waals surface area contributed by atoms with Crippen LogP contribution in [0.4, 0.5) is 5.69 Å². The van der Waals surface area contributed by atoms with Crippen molar-refractivity contribution >= 4 is 24.0 Å². The minimum Gasteiger partial charge on any atom is -0.356 e. The number of nitrogens with two attached hydrogens (primary N) is 1. The fraction of sp³-hybridized carbons (Fsp3) is 0.364. The number of non-ortho nitro benzene ring substituents is 1. The first-order valence-corrected chi connectivity index (χ1v) is 5.33. The number of hydrogen-bond acceptors (Lipinski definition) is 4. The molecule has 0 spiro atoms. The molecule has 0 fully saturated rings. The molecule has 6 nitrogen and oxygen atoms in total. The molecule has 0 unspecified atom stereocenters. The number of nitro benzene ring substituents is 1. The zero-order chi connectivity index (χ0) is 12.7. The Morgan fingerprint density at radius 2 is 1.94 bits per heavy atom. The molecule has 18 heavy (non-hydrogen) atoms. The monoisotopic (exact) mass is 273 g/mol. The van der Waals surface area contributed by atoms with Crippen molar-refractivity contribution < 1.29 is 9.72 Å². The molecule has 0 saturated carbocycles. The Kier molecular flexibility index (Phi) is 7.66. The highest BCUT2D eigenvalue weighted by Crippen LogP contribution is 2.12. The third kappa shape index (κ3) is 5.60. The number of rotatable bonds is 6. The molecule has 0 aromatic heterocycles. The van der Waals surface area contributed by atoms with Gasteiger partial charge >= 0.3 is 0 Å². The zero-order valence-corrected chi connectivity index (χ0v) is 10.6. The second-order valence-corrected chi connectivity index (χ2v) is 3.59. The van der Waals surface area contributed by atoms with Crippen LogP contribution >= 0.6 is 12.4 Å². The van der Waals surface area contributed by atoms with Crippen molar-refractivity contribution in [2.24, 2.45) is 5.73 Å². The van der Waals surface area contributed by atoms with Crippen molar-refractivity contribution in [3.05, 3.63) is 39.9 Å². The molecule has 0 heterocycles. The van der Waals surface area contributed by atoms with Crippen LogP contribution in [0.3, 0.4) is 0 Å². The van der Waals surface area contributed by atoms with Gasteiger partial charge in [-0.3, -0.25) is 14.9 Å². The molecule has 0 radical (unpaired) electrons. The van der Waals surface area contributed by atoms with Gasteiger partial charge in [-0.2, -0.15) is 0 Å². The molecule has 0 aliphatic rings. The Hall–Kier alpha value is -1.66. The number of amides is 1. The summed E-state index contributed by atoms with van der Waals surface area (Å²) in [5, 5.41) is 13.1. The number of carbonyl (C=O) groups is 1. The highest BCUT2D eigenvalue weighted by atomic mass is 35.5. The Labute approximate surface area is 111 Å². The standard InChI is InChI=1S/C11H15N3O3.ClH/c12-6-1-7-13-11(15)8-9-2-4-10(5-3-9)14(16)17;/h2-5H,1,6-8,12H2,(H,13,15);1H. The number of hydrogen-bond donors (Lipinski definition) is 2. The van der Waals surface area contributed by atoms with Gasteiger partial charge in [0, 0.05) is 18.7 Å². The van der Waals surface area contributed by atoms with Gasteiger partial charge in [0.05, 0.1) is 11.3 Å². The summed E-state index contributed by atoms with van der Waals surface area (Å²) in [5.41, 5.74) is 6.07. The number of nitrogens with one attached hydrogen (secondary N) is 1. The maximum absolute atomic E-state index is 11.4. The summed E-state index contributed by atoms with van der Waals surface area (Å²) in [6.45, 7) is 1.10. The minimum absolute atomic E-state index is 0. The average Bonchev–Trinajstić information content (AvgIpc) is 2.30. The van der Waals surface area contributed by atoms with Crippen LogP contribution in [-0.4, -0.2) is 23.9 Å². The van der Waals surface area contributed by atoms with E-state index in [0.29, 0.717) is 13.1 Å². The quantitative estimate of drug-likeness (QED) is 0.459. The van der Waals surface area contributed by atoms with Gasteiger partial charge in [-0.25, -0.2) is 0 Å². The molecular weight excluding hydrogens is 258 g/mol. The van der Waals surface area contributed by atoms with Gasteiger partial charge in [0.1, 0.15) is 0 Å². The third-order valence-electron chi connectivity index (χ3n) is 2.21. The fourth-order valence-corrected chi connectivity index (χ4v) is 1.31. The van der Waals surface area contributed by atoms with E-state index in [2.05, 4.69) is 5.32 Å². The highest BCUT2D eigenvalue weighted by molar-refractivity contribution is 5.85. The molecule has 0 aliphatic carbocycles. The van der Waals surface area contributed by atoms with Crippen LogP contribution in [0.1, 0.15) is 12.0 Å². The Morgan fingerprint density at radius 3 is 2.44 bits per heavy atom. The first-order valence-electron chi connectivity index (χ1n) is 5.33. The summed E-state index contributed by atoms with van der Waals surface area (Å²) in [4.78, 5) is 21.4. The molecule has 1 rings (SSSR count). The van der Waals surface area contributed by atoms with Gasteiger partial charge in [0.2, 0.25) is 5.91 Å². The van der Waals surface area contributed by atoms with E-state index in [9.17, 15) is 14.9 Å². The lowest BCUT2D eigenvalue weighted by Gasteiger charge is -2.04. The third-order valence-corrected chi connectivity index (χ3v) is 2.21. The summed E-state index contributed by atoms with van der Waals surface area (Å²) in [6.07, 6.45) is 0.967. The molecular formula is C11H16ClN3O3. The number of nitrogens with zero attached hydrogens (tertiary/aromatic N) is 1. The first kappa shape index (κ1) is 16.3. The van der Waals surface area contributed by atoms with Crippen LogP contribution in [0.15, 0.2) is 24.3 Å². The van der Waals surface area contributed by atoms with Crippen LogP contribution < -0.4 is 11.1 Å².